The number of nitrogens with zero attached hydrogens (tertiary/aromatic N) is 4. The van der Waals surface area contributed by atoms with Crippen molar-refractivity contribution in [3.8, 4) is 17.8 Å². The number of aromatic nitrogens is 3. The summed E-state index contributed by atoms with van der Waals surface area (Å²) in [5.41, 5.74) is 2.51. The highest BCUT2D eigenvalue weighted by Gasteiger charge is 2.09. The van der Waals surface area contributed by atoms with E-state index in [1.165, 1.54) is 0 Å². The Balaban J connectivity index is 1.81. The number of hydrogen-bond donors (Lipinski definition) is 0. The standard InChI is InChI=1S/C17H13ClN4O/c1-12-2-3-14(8-15(12)18)11-23-17-5-7-21-22(17)16-9-13(10-19)4-6-20-16/h2-9H,11H2,1H3. The van der Waals surface area contributed by atoms with Gasteiger partial charge < -0.3 is 4.74 Å². The van der Waals surface area contributed by atoms with Crippen LogP contribution < -0.4 is 4.74 Å². The zero-order chi connectivity index (χ0) is 16.2. The zero-order valence-corrected chi connectivity index (χ0v) is 13.2. The van der Waals surface area contributed by atoms with Crippen LogP contribution >= 0.6 is 11.6 Å². The Morgan fingerprint density at radius 1 is 1.22 bits per heavy atom. The van der Waals surface area contributed by atoms with E-state index in [4.69, 9.17) is 21.6 Å². The third-order valence-corrected chi connectivity index (χ3v) is 3.73. The van der Waals surface area contributed by atoms with E-state index in [9.17, 15) is 0 Å². The van der Waals surface area contributed by atoms with E-state index in [0.29, 0.717) is 28.9 Å². The normalized spacial score (nSPS) is 10.3. The smallest absolute Gasteiger partial charge is 0.218 e. The van der Waals surface area contributed by atoms with E-state index in [0.717, 1.165) is 11.1 Å². The molecule has 114 valence electrons. The van der Waals surface area contributed by atoms with Crippen molar-refractivity contribution in [1.82, 2.24) is 14.8 Å². The third kappa shape index (κ3) is 3.33. The highest BCUT2D eigenvalue weighted by atomic mass is 35.5. The fraction of sp³-hybridized carbons (Fsp3) is 0.118. The summed E-state index contributed by atoms with van der Waals surface area (Å²) in [6.07, 6.45) is 3.19. The molecule has 0 atom stereocenters. The van der Waals surface area contributed by atoms with Crippen LogP contribution in [0.2, 0.25) is 5.02 Å². The van der Waals surface area contributed by atoms with Crippen molar-refractivity contribution in [2.45, 2.75) is 13.5 Å². The molecule has 3 aromatic rings. The predicted molar refractivity (Wildman–Crippen MR) is 86.6 cm³/mol. The highest BCUT2D eigenvalue weighted by Crippen LogP contribution is 2.20. The number of halogens is 1. The minimum absolute atomic E-state index is 0.365. The summed E-state index contributed by atoms with van der Waals surface area (Å²) in [5.74, 6) is 1.08. The van der Waals surface area contributed by atoms with Crippen molar-refractivity contribution in [1.29, 1.82) is 5.26 Å². The van der Waals surface area contributed by atoms with E-state index < -0.39 is 0 Å². The van der Waals surface area contributed by atoms with Gasteiger partial charge >= 0.3 is 0 Å². The number of nitriles is 1. The molecule has 0 bridgehead atoms. The monoisotopic (exact) mass is 324 g/mol. The molecule has 1 aromatic carbocycles. The summed E-state index contributed by atoms with van der Waals surface area (Å²) in [6, 6.07) is 12.9. The van der Waals surface area contributed by atoms with Gasteiger partial charge in [-0.1, -0.05) is 23.7 Å². The van der Waals surface area contributed by atoms with Crippen molar-refractivity contribution in [3.63, 3.8) is 0 Å². The van der Waals surface area contributed by atoms with Gasteiger partial charge in [-0.3, -0.25) is 0 Å². The second-order valence-corrected chi connectivity index (χ2v) is 5.38. The Labute approximate surface area is 138 Å². The molecular weight excluding hydrogens is 312 g/mol. The molecular formula is C17H13ClN4O. The first kappa shape index (κ1) is 15.1. The second kappa shape index (κ2) is 6.51. The minimum Gasteiger partial charge on any atom is -0.473 e. The lowest BCUT2D eigenvalue weighted by Crippen LogP contribution is -2.05. The van der Waals surface area contributed by atoms with Crippen LogP contribution in [-0.4, -0.2) is 14.8 Å². The maximum Gasteiger partial charge on any atom is 0.218 e. The predicted octanol–water partition coefficient (Wildman–Crippen LogP) is 3.68. The average Bonchev–Trinajstić information content (AvgIpc) is 3.04. The molecule has 23 heavy (non-hydrogen) atoms. The van der Waals surface area contributed by atoms with Gasteiger partial charge in [-0.05, 0) is 30.2 Å². The first-order chi connectivity index (χ1) is 11.2. The van der Waals surface area contributed by atoms with Gasteiger partial charge in [0.15, 0.2) is 5.82 Å². The van der Waals surface area contributed by atoms with Gasteiger partial charge in [-0.25, -0.2) is 4.98 Å². The molecule has 6 heteroatoms. The van der Waals surface area contributed by atoms with Crippen LogP contribution in [-0.2, 0) is 6.61 Å². The summed E-state index contributed by atoms with van der Waals surface area (Å²) >= 11 is 6.12. The van der Waals surface area contributed by atoms with Crippen LogP contribution in [0.4, 0.5) is 0 Å². The zero-order valence-electron chi connectivity index (χ0n) is 12.4. The third-order valence-electron chi connectivity index (χ3n) is 3.32. The Bertz CT molecular complexity index is 882. The Morgan fingerprint density at radius 3 is 2.87 bits per heavy atom. The SMILES string of the molecule is Cc1ccc(COc2ccnn2-c2cc(C#N)ccn2)cc1Cl. The van der Waals surface area contributed by atoms with Gasteiger partial charge in [0.25, 0.3) is 0 Å². The number of benzene rings is 1. The summed E-state index contributed by atoms with van der Waals surface area (Å²) < 4.78 is 7.36. The molecule has 0 saturated carbocycles. The molecule has 0 aliphatic rings. The van der Waals surface area contributed by atoms with Crippen molar-refractivity contribution in [2.75, 3.05) is 0 Å². The van der Waals surface area contributed by atoms with Crippen molar-refractivity contribution in [3.05, 3.63) is 70.5 Å². The second-order valence-electron chi connectivity index (χ2n) is 4.97. The largest absolute Gasteiger partial charge is 0.473 e. The van der Waals surface area contributed by atoms with E-state index in [2.05, 4.69) is 16.2 Å². The summed E-state index contributed by atoms with van der Waals surface area (Å²) in [4.78, 5) is 4.22. The molecule has 0 aliphatic heterocycles. The highest BCUT2D eigenvalue weighted by molar-refractivity contribution is 6.31. The van der Waals surface area contributed by atoms with Crippen molar-refractivity contribution < 1.29 is 4.74 Å². The molecule has 2 heterocycles. The van der Waals surface area contributed by atoms with Crippen molar-refractivity contribution >= 4 is 11.6 Å². The van der Waals surface area contributed by atoms with Crippen LogP contribution in [0.3, 0.4) is 0 Å². The number of ether oxygens (including phenoxy) is 1. The summed E-state index contributed by atoms with van der Waals surface area (Å²) in [6.45, 7) is 2.32. The molecule has 0 radical (unpaired) electrons. The number of rotatable bonds is 4. The molecule has 0 fully saturated rings. The molecule has 0 spiro atoms. The fourth-order valence-corrected chi connectivity index (χ4v) is 2.26. The van der Waals surface area contributed by atoms with Gasteiger partial charge in [-0.15, -0.1) is 0 Å². The molecule has 2 aromatic heterocycles. The maximum absolute atomic E-state index is 8.98. The maximum atomic E-state index is 8.98. The lowest BCUT2D eigenvalue weighted by atomic mass is 10.2. The molecule has 3 rings (SSSR count). The van der Waals surface area contributed by atoms with E-state index >= 15 is 0 Å². The Kier molecular flexibility index (Phi) is 4.26. The van der Waals surface area contributed by atoms with Crippen LogP contribution in [0.15, 0.2) is 48.8 Å². The topological polar surface area (TPSA) is 63.7 Å². The van der Waals surface area contributed by atoms with Crippen molar-refractivity contribution in [2.24, 2.45) is 0 Å². The van der Waals surface area contributed by atoms with E-state index in [-0.39, 0.29) is 0 Å². The fourth-order valence-electron chi connectivity index (χ4n) is 2.06. The number of hydrogen-bond acceptors (Lipinski definition) is 4. The van der Waals surface area contributed by atoms with Crippen LogP contribution in [0.5, 0.6) is 5.88 Å². The first-order valence-corrected chi connectivity index (χ1v) is 7.33. The lowest BCUT2D eigenvalue weighted by molar-refractivity contribution is 0.284. The first-order valence-electron chi connectivity index (χ1n) is 6.96. The number of pyridine rings is 1. The van der Waals surface area contributed by atoms with Gasteiger partial charge in [-0.2, -0.15) is 15.0 Å². The van der Waals surface area contributed by atoms with Gasteiger partial charge in [0.1, 0.15) is 6.61 Å². The van der Waals surface area contributed by atoms with Gasteiger partial charge in [0.2, 0.25) is 5.88 Å². The molecule has 0 saturated heterocycles. The molecule has 0 amide bonds. The minimum atomic E-state index is 0.365. The number of aryl methyl sites for hydroxylation is 1. The van der Waals surface area contributed by atoms with Crippen LogP contribution in [0.25, 0.3) is 5.82 Å². The van der Waals surface area contributed by atoms with Crippen LogP contribution in [0, 0.1) is 18.3 Å². The molecule has 0 N–H and O–H groups in total. The van der Waals surface area contributed by atoms with E-state index in [1.807, 2.05) is 25.1 Å². The lowest BCUT2D eigenvalue weighted by Gasteiger charge is -2.09. The summed E-state index contributed by atoms with van der Waals surface area (Å²) in [5, 5.41) is 13.9. The molecule has 5 nitrogen and oxygen atoms in total. The molecule has 0 unspecified atom stereocenters. The van der Waals surface area contributed by atoms with Gasteiger partial charge in [0, 0.05) is 23.4 Å². The van der Waals surface area contributed by atoms with E-state index in [1.54, 1.807) is 35.3 Å². The Hall–Kier alpha value is -2.84. The molecule has 0 aliphatic carbocycles. The summed E-state index contributed by atoms with van der Waals surface area (Å²) in [7, 11) is 0. The quantitative estimate of drug-likeness (QED) is 0.734. The average molecular weight is 325 g/mol. The van der Waals surface area contributed by atoms with Crippen LogP contribution in [0.1, 0.15) is 16.7 Å². The Morgan fingerprint density at radius 2 is 2.09 bits per heavy atom. The van der Waals surface area contributed by atoms with Gasteiger partial charge in [0.05, 0.1) is 17.8 Å².